The maximum absolute atomic E-state index is 6.37. The lowest BCUT2D eigenvalue weighted by Crippen LogP contribution is -2.20. The van der Waals surface area contributed by atoms with Crippen molar-refractivity contribution in [2.45, 2.75) is 37.0 Å². The molecule has 2 aromatic rings. The first-order valence-corrected chi connectivity index (χ1v) is 8.69. The van der Waals surface area contributed by atoms with Gasteiger partial charge < -0.3 is 9.55 Å². The van der Waals surface area contributed by atoms with Gasteiger partial charge in [-0.15, -0.1) is 0 Å². The summed E-state index contributed by atoms with van der Waals surface area (Å²) in [5.74, 6) is 0. The standard InChI is InChI=1S/C14H17ClN2S2/c1-19-10-5-2-4-9(8-10)17-13-11(15)6-3-7-12(13)16-14(17)18/h3,6-7,9-10H,2,4-5,8H2,1H3,(H,16,18). The Hall–Kier alpha value is -0.450. The molecule has 1 fully saturated rings. The minimum absolute atomic E-state index is 0.479. The topological polar surface area (TPSA) is 20.7 Å². The van der Waals surface area contributed by atoms with E-state index in [-0.39, 0.29) is 0 Å². The second kappa shape index (κ2) is 5.51. The first-order chi connectivity index (χ1) is 9.20. The van der Waals surface area contributed by atoms with Crippen molar-refractivity contribution in [3.63, 3.8) is 0 Å². The van der Waals surface area contributed by atoms with E-state index in [1.54, 1.807) is 0 Å². The fourth-order valence-corrected chi connectivity index (χ4v) is 4.49. The monoisotopic (exact) mass is 312 g/mol. The molecule has 0 aliphatic heterocycles. The SMILES string of the molecule is CSC1CCCC(n2c(=S)[nH]c3cccc(Cl)c32)C1. The fraction of sp³-hybridized carbons (Fsp3) is 0.500. The van der Waals surface area contributed by atoms with E-state index in [0.29, 0.717) is 6.04 Å². The number of nitrogens with one attached hydrogen (secondary N) is 1. The lowest BCUT2D eigenvalue weighted by Gasteiger charge is -2.29. The number of H-pyrrole nitrogens is 1. The second-order valence-corrected chi connectivity index (χ2v) is 7.05. The normalized spacial score (nSPS) is 23.9. The molecule has 5 heteroatoms. The number of rotatable bonds is 2. The Bertz CT molecular complexity index is 646. The number of hydrogen-bond donors (Lipinski definition) is 1. The van der Waals surface area contributed by atoms with E-state index in [9.17, 15) is 0 Å². The summed E-state index contributed by atoms with van der Waals surface area (Å²) in [5, 5.41) is 1.53. The molecule has 1 aliphatic carbocycles. The van der Waals surface area contributed by atoms with Gasteiger partial charge in [-0.1, -0.05) is 24.1 Å². The van der Waals surface area contributed by atoms with E-state index in [0.717, 1.165) is 26.1 Å². The minimum atomic E-state index is 0.479. The maximum atomic E-state index is 6.37. The minimum Gasteiger partial charge on any atom is -0.331 e. The van der Waals surface area contributed by atoms with Crippen LogP contribution in [0.3, 0.4) is 0 Å². The van der Waals surface area contributed by atoms with Gasteiger partial charge >= 0.3 is 0 Å². The molecule has 1 aliphatic rings. The number of aromatic amines is 1. The highest BCUT2D eigenvalue weighted by Gasteiger charge is 2.25. The Labute approximate surface area is 127 Å². The molecular weight excluding hydrogens is 296 g/mol. The summed E-state index contributed by atoms with van der Waals surface area (Å²) in [6, 6.07) is 6.43. The van der Waals surface area contributed by atoms with Crippen LogP contribution in [0.1, 0.15) is 31.7 Å². The van der Waals surface area contributed by atoms with Gasteiger partial charge in [0, 0.05) is 11.3 Å². The van der Waals surface area contributed by atoms with Crippen LogP contribution in [0.5, 0.6) is 0 Å². The van der Waals surface area contributed by atoms with E-state index < -0.39 is 0 Å². The number of halogens is 1. The molecule has 0 bridgehead atoms. The number of para-hydroxylation sites is 1. The molecule has 0 amide bonds. The average Bonchev–Trinajstić information content (AvgIpc) is 2.76. The van der Waals surface area contributed by atoms with Crippen molar-refractivity contribution in [1.29, 1.82) is 0 Å². The third kappa shape index (κ3) is 2.46. The van der Waals surface area contributed by atoms with Crippen molar-refractivity contribution in [1.82, 2.24) is 9.55 Å². The van der Waals surface area contributed by atoms with Gasteiger partial charge in [0.2, 0.25) is 0 Å². The lowest BCUT2D eigenvalue weighted by atomic mass is 9.94. The lowest BCUT2D eigenvalue weighted by molar-refractivity contribution is 0.365. The Morgan fingerprint density at radius 1 is 1.42 bits per heavy atom. The highest BCUT2D eigenvalue weighted by Crippen LogP contribution is 2.37. The smallest absolute Gasteiger partial charge is 0.178 e. The largest absolute Gasteiger partial charge is 0.331 e. The summed E-state index contributed by atoms with van der Waals surface area (Å²) in [4.78, 5) is 3.28. The molecule has 1 heterocycles. The third-order valence-corrected chi connectivity index (χ3v) is 5.68. The molecule has 3 rings (SSSR count). The Kier molecular flexibility index (Phi) is 3.92. The zero-order valence-corrected chi connectivity index (χ0v) is 13.2. The van der Waals surface area contributed by atoms with E-state index in [1.807, 2.05) is 30.0 Å². The van der Waals surface area contributed by atoms with Crippen LogP contribution in [0.15, 0.2) is 18.2 Å². The zero-order valence-electron chi connectivity index (χ0n) is 10.9. The van der Waals surface area contributed by atoms with E-state index in [1.165, 1.54) is 25.7 Å². The highest BCUT2D eigenvalue weighted by atomic mass is 35.5. The van der Waals surface area contributed by atoms with Gasteiger partial charge in [-0.2, -0.15) is 11.8 Å². The van der Waals surface area contributed by atoms with Crippen LogP contribution < -0.4 is 0 Å². The van der Waals surface area contributed by atoms with Crippen LogP contribution in [-0.2, 0) is 0 Å². The number of fused-ring (bicyclic) bond motifs is 1. The molecule has 0 radical (unpaired) electrons. The molecule has 2 unspecified atom stereocenters. The summed E-state index contributed by atoms with van der Waals surface area (Å²) >= 11 is 13.9. The van der Waals surface area contributed by atoms with Gasteiger partial charge in [0.25, 0.3) is 0 Å². The van der Waals surface area contributed by atoms with Crippen LogP contribution in [0.25, 0.3) is 11.0 Å². The van der Waals surface area contributed by atoms with Gasteiger partial charge in [-0.05, 0) is 49.9 Å². The zero-order chi connectivity index (χ0) is 13.4. The number of imidazole rings is 1. The number of thioether (sulfide) groups is 1. The highest BCUT2D eigenvalue weighted by molar-refractivity contribution is 7.99. The van der Waals surface area contributed by atoms with E-state index in [2.05, 4.69) is 15.8 Å². The van der Waals surface area contributed by atoms with Crippen LogP contribution in [0.4, 0.5) is 0 Å². The number of benzene rings is 1. The van der Waals surface area contributed by atoms with Crippen LogP contribution in [0, 0.1) is 4.77 Å². The summed E-state index contributed by atoms with van der Waals surface area (Å²) in [7, 11) is 0. The number of aromatic nitrogens is 2. The molecule has 102 valence electrons. The first-order valence-electron chi connectivity index (χ1n) is 6.62. The van der Waals surface area contributed by atoms with Gasteiger partial charge in [0.05, 0.1) is 16.1 Å². The van der Waals surface area contributed by atoms with E-state index >= 15 is 0 Å². The van der Waals surface area contributed by atoms with Crippen LogP contribution in [0.2, 0.25) is 5.02 Å². The predicted molar refractivity (Wildman–Crippen MR) is 86.9 cm³/mol. The van der Waals surface area contributed by atoms with Gasteiger partial charge in [0.1, 0.15) is 0 Å². The van der Waals surface area contributed by atoms with Crippen molar-refractivity contribution >= 4 is 46.6 Å². The number of nitrogens with zero attached hydrogens (tertiary/aromatic N) is 1. The summed E-state index contributed by atoms with van der Waals surface area (Å²) in [5.41, 5.74) is 2.12. The summed E-state index contributed by atoms with van der Waals surface area (Å²) in [6.07, 6.45) is 7.18. The van der Waals surface area contributed by atoms with Gasteiger partial charge in [-0.25, -0.2) is 0 Å². The molecule has 2 nitrogen and oxygen atoms in total. The van der Waals surface area contributed by atoms with Crippen molar-refractivity contribution in [2.75, 3.05) is 6.26 Å². The molecule has 1 saturated carbocycles. The Morgan fingerprint density at radius 2 is 2.26 bits per heavy atom. The van der Waals surface area contributed by atoms with Crippen molar-refractivity contribution in [3.8, 4) is 0 Å². The Balaban J connectivity index is 2.09. The number of hydrogen-bond acceptors (Lipinski definition) is 2. The molecule has 0 saturated heterocycles. The van der Waals surface area contributed by atoms with Crippen molar-refractivity contribution in [3.05, 3.63) is 28.0 Å². The molecular formula is C14H17ClN2S2. The Morgan fingerprint density at radius 3 is 3.05 bits per heavy atom. The molecule has 2 atom stereocenters. The summed E-state index contributed by atoms with van der Waals surface area (Å²) < 4.78 is 3.05. The van der Waals surface area contributed by atoms with Gasteiger partial charge in [0.15, 0.2) is 4.77 Å². The van der Waals surface area contributed by atoms with Gasteiger partial charge in [-0.3, -0.25) is 0 Å². The molecule has 1 aromatic carbocycles. The molecule has 1 aromatic heterocycles. The van der Waals surface area contributed by atoms with Crippen LogP contribution in [-0.4, -0.2) is 21.1 Å². The van der Waals surface area contributed by atoms with Crippen molar-refractivity contribution in [2.24, 2.45) is 0 Å². The molecule has 0 spiro atoms. The first kappa shape index (κ1) is 13.5. The molecule has 19 heavy (non-hydrogen) atoms. The maximum Gasteiger partial charge on any atom is 0.178 e. The van der Waals surface area contributed by atoms with E-state index in [4.69, 9.17) is 23.8 Å². The molecule has 1 N–H and O–H groups in total. The average molecular weight is 313 g/mol. The summed E-state index contributed by atoms with van der Waals surface area (Å²) in [6.45, 7) is 0. The van der Waals surface area contributed by atoms with Crippen molar-refractivity contribution < 1.29 is 0 Å². The quantitative estimate of drug-likeness (QED) is 0.769. The van der Waals surface area contributed by atoms with Crippen LogP contribution >= 0.6 is 35.6 Å². The third-order valence-electron chi connectivity index (χ3n) is 3.98. The second-order valence-electron chi connectivity index (χ2n) is 5.11. The predicted octanol–water partition coefficient (Wildman–Crippen LogP) is 5.20. The fourth-order valence-electron chi connectivity index (χ4n) is 3.06.